The monoisotopic (exact) mass is 443 g/mol. The molecule has 0 aromatic rings. The second-order valence-electron chi connectivity index (χ2n) is 7.54. The lowest BCUT2D eigenvalue weighted by molar-refractivity contribution is -0.145. The SMILES string of the molecule is CC(NC(=O)C1CCCN1C(=O)C(NC(=O)C(N)CCCN=C(N)N)C(C)O)C(=O)O. The van der Waals surface area contributed by atoms with Crippen molar-refractivity contribution in [2.45, 2.75) is 69.8 Å². The van der Waals surface area contributed by atoms with Crippen molar-refractivity contribution in [3.05, 3.63) is 0 Å². The van der Waals surface area contributed by atoms with Crippen LogP contribution in [0.5, 0.6) is 0 Å². The third kappa shape index (κ3) is 8.02. The number of carboxylic acid groups (broad SMARTS) is 1. The van der Waals surface area contributed by atoms with Gasteiger partial charge in [0.15, 0.2) is 5.96 Å². The molecule has 0 bridgehead atoms. The number of guanidine groups is 1. The minimum atomic E-state index is -1.30. The molecule has 1 aliphatic rings. The zero-order valence-corrected chi connectivity index (χ0v) is 17.8. The molecule has 0 saturated carbocycles. The highest BCUT2D eigenvalue weighted by Crippen LogP contribution is 2.19. The fourth-order valence-corrected chi connectivity index (χ4v) is 3.15. The molecule has 0 radical (unpaired) electrons. The molecule has 0 spiro atoms. The highest BCUT2D eigenvalue weighted by molar-refractivity contribution is 5.94. The fourth-order valence-electron chi connectivity index (χ4n) is 3.15. The van der Waals surface area contributed by atoms with Crippen LogP contribution in [0.1, 0.15) is 39.5 Å². The molecule has 0 aromatic heterocycles. The summed E-state index contributed by atoms with van der Waals surface area (Å²) in [5.41, 5.74) is 16.3. The van der Waals surface area contributed by atoms with Crippen LogP contribution in [0, 0.1) is 0 Å². The first-order chi connectivity index (χ1) is 14.5. The number of aliphatic hydroxyl groups excluding tert-OH is 1. The van der Waals surface area contributed by atoms with E-state index in [2.05, 4.69) is 15.6 Å². The van der Waals surface area contributed by atoms with Gasteiger partial charge in [-0.25, -0.2) is 0 Å². The number of hydrogen-bond acceptors (Lipinski definition) is 7. The molecule has 1 rings (SSSR count). The predicted octanol–water partition coefficient (Wildman–Crippen LogP) is -3.19. The van der Waals surface area contributed by atoms with E-state index in [9.17, 15) is 24.3 Å². The maximum absolute atomic E-state index is 13.0. The Morgan fingerprint density at radius 3 is 2.39 bits per heavy atom. The van der Waals surface area contributed by atoms with Crippen LogP contribution in [0.3, 0.4) is 0 Å². The molecule has 13 heteroatoms. The second kappa shape index (κ2) is 12.1. The van der Waals surface area contributed by atoms with Gasteiger partial charge >= 0.3 is 5.97 Å². The van der Waals surface area contributed by atoms with Gasteiger partial charge in [0.2, 0.25) is 17.7 Å². The van der Waals surface area contributed by atoms with E-state index in [1.807, 2.05) is 0 Å². The van der Waals surface area contributed by atoms with Gasteiger partial charge in [0.1, 0.15) is 18.1 Å². The number of hydrogen-bond donors (Lipinski definition) is 7. The first-order valence-corrected chi connectivity index (χ1v) is 10.1. The second-order valence-corrected chi connectivity index (χ2v) is 7.54. The standard InChI is InChI=1S/C18H33N7O6/c1-9(17(30)31)23-15(28)12-6-4-8-25(12)16(29)13(10(2)26)24-14(27)11(19)5-3-7-22-18(20)21/h9-13,26H,3-8,19H2,1-2H3,(H,23,28)(H,24,27)(H,30,31)(H4,20,21,22). The summed E-state index contributed by atoms with van der Waals surface area (Å²) in [6.45, 7) is 3.18. The summed E-state index contributed by atoms with van der Waals surface area (Å²) < 4.78 is 0. The number of carboxylic acids is 1. The Labute approximate surface area is 180 Å². The van der Waals surface area contributed by atoms with Crippen LogP contribution in [-0.2, 0) is 19.2 Å². The molecular formula is C18H33N7O6. The lowest BCUT2D eigenvalue weighted by Crippen LogP contribution is -2.59. The van der Waals surface area contributed by atoms with Crippen molar-refractivity contribution in [3.8, 4) is 0 Å². The summed E-state index contributed by atoms with van der Waals surface area (Å²) in [5.74, 6) is -3.15. The van der Waals surface area contributed by atoms with E-state index in [0.29, 0.717) is 25.8 Å². The molecule has 1 aliphatic heterocycles. The summed E-state index contributed by atoms with van der Waals surface area (Å²) in [6, 6.07) is -4.26. The summed E-state index contributed by atoms with van der Waals surface area (Å²) >= 11 is 0. The van der Waals surface area contributed by atoms with Gasteiger partial charge in [0.05, 0.1) is 12.1 Å². The number of nitrogens with zero attached hydrogens (tertiary/aromatic N) is 2. The van der Waals surface area contributed by atoms with Gasteiger partial charge in [-0.2, -0.15) is 0 Å². The zero-order valence-electron chi connectivity index (χ0n) is 17.8. The number of aliphatic carboxylic acids is 1. The van der Waals surface area contributed by atoms with Crippen molar-refractivity contribution in [2.75, 3.05) is 13.1 Å². The molecule has 31 heavy (non-hydrogen) atoms. The number of carbonyl (C=O) groups excluding carboxylic acids is 3. The summed E-state index contributed by atoms with van der Waals surface area (Å²) in [6.07, 6.45) is 0.318. The Bertz CT molecular complexity index is 695. The normalized spacial score (nSPS) is 19.6. The quantitative estimate of drug-likeness (QED) is 0.0968. The summed E-state index contributed by atoms with van der Waals surface area (Å²) in [7, 11) is 0. The van der Waals surface area contributed by atoms with Gasteiger partial charge < -0.3 is 42.9 Å². The molecular weight excluding hydrogens is 410 g/mol. The predicted molar refractivity (Wildman–Crippen MR) is 111 cm³/mol. The van der Waals surface area contributed by atoms with Crippen LogP contribution >= 0.6 is 0 Å². The van der Waals surface area contributed by atoms with Crippen LogP contribution in [0.15, 0.2) is 4.99 Å². The molecule has 176 valence electrons. The average Bonchev–Trinajstić information content (AvgIpc) is 3.17. The number of likely N-dealkylation sites (tertiary alicyclic amines) is 1. The number of aliphatic hydroxyl groups is 1. The lowest BCUT2D eigenvalue weighted by Gasteiger charge is -2.30. The highest BCUT2D eigenvalue weighted by Gasteiger charge is 2.40. The third-order valence-electron chi connectivity index (χ3n) is 4.92. The first-order valence-electron chi connectivity index (χ1n) is 10.1. The number of nitrogens with one attached hydrogen (secondary N) is 2. The zero-order chi connectivity index (χ0) is 23.7. The van der Waals surface area contributed by atoms with Crippen LogP contribution < -0.4 is 27.8 Å². The van der Waals surface area contributed by atoms with Crippen LogP contribution in [0.25, 0.3) is 0 Å². The van der Waals surface area contributed by atoms with Crippen LogP contribution in [-0.4, -0.2) is 88.1 Å². The van der Waals surface area contributed by atoms with E-state index in [1.54, 1.807) is 0 Å². The van der Waals surface area contributed by atoms with Gasteiger partial charge in [0, 0.05) is 13.1 Å². The Morgan fingerprint density at radius 2 is 1.84 bits per heavy atom. The molecule has 1 fully saturated rings. The van der Waals surface area contributed by atoms with Crippen molar-refractivity contribution in [3.63, 3.8) is 0 Å². The van der Waals surface area contributed by atoms with E-state index in [1.165, 1.54) is 18.7 Å². The van der Waals surface area contributed by atoms with E-state index in [-0.39, 0.29) is 18.9 Å². The topological polar surface area (TPSA) is 226 Å². The number of nitrogens with two attached hydrogens (primary N) is 3. The third-order valence-corrected chi connectivity index (χ3v) is 4.92. The van der Waals surface area contributed by atoms with Crippen LogP contribution in [0.2, 0.25) is 0 Å². The molecule has 1 saturated heterocycles. The Kier molecular flexibility index (Phi) is 10.1. The highest BCUT2D eigenvalue weighted by atomic mass is 16.4. The Hall–Kier alpha value is -2.93. The van der Waals surface area contributed by atoms with Gasteiger partial charge in [-0.3, -0.25) is 24.2 Å². The summed E-state index contributed by atoms with van der Waals surface area (Å²) in [5, 5.41) is 23.8. The average molecular weight is 444 g/mol. The Balaban J connectivity index is 2.77. The van der Waals surface area contributed by atoms with E-state index in [0.717, 1.165) is 0 Å². The van der Waals surface area contributed by atoms with Gasteiger partial charge in [0.25, 0.3) is 0 Å². The largest absolute Gasteiger partial charge is 0.480 e. The van der Waals surface area contributed by atoms with Crippen molar-refractivity contribution >= 4 is 29.7 Å². The smallest absolute Gasteiger partial charge is 0.325 e. The molecule has 5 atom stereocenters. The lowest BCUT2D eigenvalue weighted by atomic mass is 10.1. The minimum Gasteiger partial charge on any atom is -0.480 e. The molecule has 0 aliphatic carbocycles. The van der Waals surface area contributed by atoms with Gasteiger partial charge in [-0.1, -0.05) is 0 Å². The molecule has 13 nitrogen and oxygen atoms in total. The van der Waals surface area contributed by atoms with E-state index < -0.39 is 54.0 Å². The molecule has 10 N–H and O–H groups in total. The molecule has 0 aromatic carbocycles. The number of aliphatic imine (C=N–C) groups is 1. The molecule has 3 amide bonds. The van der Waals surface area contributed by atoms with Crippen molar-refractivity contribution < 1.29 is 29.4 Å². The summed E-state index contributed by atoms with van der Waals surface area (Å²) in [4.78, 5) is 53.8. The number of carbonyl (C=O) groups is 4. The van der Waals surface area contributed by atoms with E-state index in [4.69, 9.17) is 22.3 Å². The van der Waals surface area contributed by atoms with Crippen molar-refractivity contribution in [2.24, 2.45) is 22.2 Å². The number of rotatable bonds is 11. The molecule has 1 heterocycles. The fraction of sp³-hybridized carbons (Fsp3) is 0.722. The number of amides is 3. The first kappa shape index (κ1) is 26.1. The van der Waals surface area contributed by atoms with Gasteiger partial charge in [-0.05, 0) is 39.5 Å². The van der Waals surface area contributed by atoms with Crippen molar-refractivity contribution in [1.29, 1.82) is 0 Å². The van der Waals surface area contributed by atoms with Crippen LogP contribution in [0.4, 0.5) is 0 Å². The van der Waals surface area contributed by atoms with Crippen molar-refractivity contribution in [1.82, 2.24) is 15.5 Å². The Morgan fingerprint density at radius 1 is 1.19 bits per heavy atom. The maximum Gasteiger partial charge on any atom is 0.325 e. The van der Waals surface area contributed by atoms with E-state index >= 15 is 0 Å². The van der Waals surface area contributed by atoms with Gasteiger partial charge in [-0.15, -0.1) is 0 Å². The maximum atomic E-state index is 13.0. The minimum absolute atomic E-state index is 0.0697. The molecule has 5 unspecified atom stereocenters.